The second kappa shape index (κ2) is 8.07. The molecule has 5 rings (SSSR count). The predicted molar refractivity (Wildman–Crippen MR) is 120 cm³/mol. The summed E-state index contributed by atoms with van der Waals surface area (Å²) >= 11 is 0. The van der Waals surface area contributed by atoms with Crippen molar-refractivity contribution in [3.63, 3.8) is 0 Å². The monoisotopic (exact) mass is 430 g/mol. The number of oxime groups is 1. The van der Waals surface area contributed by atoms with Gasteiger partial charge in [-0.05, 0) is 50.1 Å². The first-order chi connectivity index (χ1) is 15.5. The van der Waals surface area contributed by atoms with Gasteiger partial charge in [-0.15, -0.1) is 0 Å². The van der Waals surface area contributed by atoms with E-state index in [4.69, 9.17) is 4.84 Å². The van der Waals surface area contributed by atoms with Gasteiger partial charge in [0.1, 0.15) is 11.6 Å². The van der Waals surface area contributed by atoms with Crippen LogP contribution in [0.2, 0.25) is 0 Å². The third kappa shape index (κ3) is 3.49. The molecule has 0 aliphatic heterocycles. The van der Waals surface area contributed by atoms with Gasteiger partial charge in [0.2, 0.25) is 0 Å². The van der Waals surface area contributed by atoms with Gasteiger partial charge in [-0.1, -0.05) is 23.4 Å². The van der Waals surface area contributed by atoms with Crippen LogP contribution < -0.4 is 0 Å². The molecule has 7 heteroatoms. The van der Waals surface area contributed by atoms with Gasteiger partial charge in [0.05, 0.1) is 11.3 Å². The Morgan fingerprint density at radius 3 is 2.75 bits per heavy atom. The standard InChI is InChI=1S/C25H23FN4O2/c1-16-27-13-14-30(16)15-18-9-12-22-23(20-5-3-4-6-21(20)29(22)2)24(18)28-32-25(31)17-7-10-19(26)11-8-17/h3-8,10-11,13-14,18H,9,12,15H2,1-2H3/b28-24+. The number of aromatic nitrogens is 3. The fraction of sp³-hybridized carbons (Fsp3) is 0.240. The maximum atomic E-state index is 13.2. The van der Waals surface area contributed by atoms with E-state index in [-0.39, 0.29) is 11.5 Å². The molecule has 6 nitrogen and oxygen atoms in total. The van der Waals surface area contributed by atoms with Gasteiger partial charge in [0, 0.05) is 54.1 Å². The summed E-state index contributed by atoms with van der Waals surface area (Å²) in [4.78, 5) is 22.3. The van der Waals surface area contributed by atoms with Crippen LogP contribution in [0.4, 0.5) is 4.39 Å². The summed E-state index contributed by atoms with van der Waals surface area (Å²) in [7, 11) is 2.06. The number of nitrogens with zero attached hydrogens (tertiary/aromatic N) is 4. The van der Waals surface area contributed by atoms with Crippen molar-refractivity contribution >= 4 is 22.6 Å². The highest BCUT2D eigenvalue weighted by Gasteiger charge is 2.32. The first-order valence-corrected chi connectivity index (χ1v) is 10.6. The second-order valence-corrected chi connectivity index (χ2v) is 8.12. The molecule has 4 aromatic rings. The molecule has 0 radical (unpaired) electrons. The van der Waals surface area contributed by atoms with E-state index >= 15 is 0 Å². The highest BCUT2D eigenvalue weighted by atomic mass is 19.1. The third-order valence-electron chi connectivity index (χ3n) is 6.25. The molecule has 0 spiro atoms. The van der Waals surface area contributed by atoms with Crippen LogP contribution in [-0.4, -0.2) is 25.8 Å². The van der Waals surface area contributed by atoms with Crippen molar-refractivity contribution in [3.8, 4) is 0 Å². The number of para-hydroxylation sites is 1. The van der Waals surface area contributed by atoms with Crippen molar-refractivity contribution in [3.05, 3.63) is 89.4 Å². The number of rotatable bonds is 4. The van der Waals surface area contributed by atoms with Gasteiger partial charge in [-0.3, -0.25) is 0 Å². The molecule has 0 bridgehead atoms. The zero-order chi connectivity index (χ0) is 22.2. The first kappa shape index (κ1) is 20.2. The van der Waals surface area contributed by atoms with E-state index in [0.717, 1.165) is 40.8 Å². The summed E-state index contributed by atoms with van der Waals surface area (Å²) in [5.74, 6) is -0.0303. The second-order valence-electron chi connectivity index (χ2n) is 8.12. The van der Waals surface area contributed by atoms with Crippen LogP contribution in [-0.2, 0) is 24.9 Å². The van der Waals surface area contributed by atoms with Crippen LogP contribution >= 0.6 is 0 Å². The van der Waals surface area contributed by atoms with Crippen LogP contribution in [0.15, 0.2) is 66.1 Å². The van der Waals surface area contributed by atoms with Gasteiger partial charge in [0.15, 0.2) is 0 Å². The molecule has 2 aromatic carbocycles. The molecule has 1 unspecified atom stereocenters. The van der Waals surface area contributed by atoms with Gasteiger partial charge in [-0.2, -0.15) is 0 Å². The zero-order valence-corrected chi connectivity index (χ0v) is 18.0. The van der Waals surface area contributed by atoms with E-state index in [1.807, 2.05) is 25.3 Å². The smallest absolute Gasteiger partial charge is 0.347 e. The fourth-order valence-electron chi connectivity index (χ4n) is 4.54. The normalized spacial score (nSPS) is 17.0. The lowest BCUT2D eigenvalue weighted by Crippen LogP contribution is -2.28. The summed E-state index contributed by atoms with van der Waals surface area (Å²) in [6, 6.07) is 13.5. The summed E-state index contributed by atoms with van der Waals surface area (Å²) in [6.45, 7) is 2.67. The largest absolute Gasteiger partial charge is 0.365 e. The summed E-state index contributed by atoms with van der Waals surface area (Å²) in [5.41, 5.74) is 4.35. The first-order valence-electron chi connectivity index (χ1n) is 10.6. The Bertz CT molecular complexity index is 1330. The molecular weight excluding hydrogens is 407 g/mol. The summed E-state index contributed by atoms with van der Waals surface area (Å²) in [5, 5.41) is 5.50. The van der Waals surface area contributed by atoms with Crippen molar-refractivity contribution < 1.29 is 14.0 Å². The van der Waals surface area contributed by atoms with Gasteiger partial charge in [-0.25, -0.2) is 14.2 Å². The lowest BCUT2D eigenvalue weighted by Gasteiger charge is -2.25. The lowest BCUT2D eigenvalue weighted by molar-refractivity contribution is 0.0513. The highest BCUT2D eigenvalue weighted by Crippen LogP contribution is 2.35. The molecule has 0 saturated heterocycles. The Balaban J connectivity index is 1.57. The maximum Gasteiger partial charge on any atom is 0.365 e. The molecule has 0 saturated carbocycles. The Hall–Kier alpha value is -3.74. The third-order valence-corrected chi connectivity index (χ3v) is 6.25. The average Bonchev–Trinajstić information content (AvgIpc) is 3.34. The summed E-state index contributed by atoms with van der Waals surface area (Å²) in [6.07, 6.45) is 5.52. The van der Waals surface area contributed by atoms with Crippen molar-refractivity contribution in [2.24, 2.45) is 18.1 Å². The van der Waals surface area contributed by atoms with E-state index in [1.54, 1.807) is 6.20 Å². The Morgan fingerprint density at radius 1 is 1.22 bits per heavy atom. The number of imidazole rings is 1. The predicted octanol–water partition coefficient (Wildman–Crippen LogP) is 4.65. The van der Waals surface area contributed by atoms with E-state index in [9.17, 15) is 9.18 Å². The van der Waals surface area contributed by atoms with E-state index in [0.29, 0.717) is 6.54 Å². The molecule has 2 heterocycles. The quantitative estimate of drug-likeness (QED) is 0.350. The van der Waals surface area contributed by atoms with E-state index in [2.05, 4.69) is 38.5 Å². The number of aryl methyl sites for hydroxylation is 2. The number of fused-ring (bicyclic) bond motifs is 3. The minimum Gasteiger partial charge on any atom is -0.347 e. The van der Waals surface area contributed by atoms with Crippen molar-refractivity contribution in [2.75, 3.05) is 0 Å². The molecule has 0 amide bonds. The van der Waals surface area contributed by atoms with Gasteiger partial charge in [0.25, 0.3) is 0 Å². The minimum atomic E-state index is -0.609. The van der Waals surface area contributed by atoms with Crippen LogP contribution in [0.5, 0.6) is 0 Å². The Kier molecular flexibility index (Phi) is 5.09. The SMILES string of the molecule is Cc1nccn1CC1CCc2c(c3ccccc3n2C)/C1=N/OC(=O)c1ccc(F)cc1. The number of carbonyl (C=O) groups excluding carboxylic acids is 1. The average molecular weight is 430 g/mol. The molecule has 0 fully saturated rings. The Labute approximate surface area is 184 Å². The number of hydrogen-bond donors (Lipinski definition) is 0. The number of halogens is 1. The van der Waals surface area contributed by atoms with Gasteiger partial charge >= 0.3 is 5.97 Å². The molecule has 0 N–H and O–H groups in total. The molecule has 1 aliphatic rings. The molecule has 1 atom stereocenters. The lowest BCUT2D eigenvalue weighted by atomic mass is 9.84. The number of benzene rings is 2. The molecule has 2 aromatic heterocycles. The number of carbonyl (C=O) groups is 1. The zero-order valence-electron chi connectivity index (χ0n) is 18.0. The summed E-state index contributed by atoms with van der Waals surface area (Å²) < 4.78 is 17.5. The van der Waals surface area contributed by atoms with Crippen LogP contribution in [0, 0.1) is 18.7 Å². The Morgan fingerprint density at radius 2 is 2.00 bits per heavy atom. The van der Waals surface area contributed by atoms with E-state index < -0.39 is 11.8 Å². The minimum absolute atomic E-state index is 0.0576. The van der Waals surface area contributed by atoms with Crippen molar-refractivity contribution in [1.29, 1.82) is 0 Å². The van der Waals surface area contributed by atoms with Crippen molar-refractivity contribution in [1.82, 2.24) is 14.1 Å². The molecule has 32 heavy (non-hydrogen) atoms. The van der Waals surface area contributed by atoms with Crippen LogP contribution in [0.3, 0.4) is 0 Å². The molecule has 162 valence electrons. The van der Waals surface area contributed by atoms with E-state index in [1.165, 1.54) is 30.0 Å². The van der Waals surface area contributed by atoms with Crippen LogP contribution in [0.1, 0.15) is 33.9 Å². The fourth-order valence-corrected chi connectivity index (χ4v) is 4.54. The van der Waals surface area contributed by atoms with Gasteiger partial charge < -0.3 is 14.0 Å². The topological polar surface area (TPSA) is 61.4 Å². The van der Waals surface area contributed by atoms with Crippen molar-refractivity contribution in [2.45, 2.75) is 26.3 Å². The highest BCUT2D eigenvalue weighted by molar-refractivity contribution is 6.14. The molecule has 1 aliphatic carbocycles. The maximum absolute atomic E-state index is 13.2. The molecular formula is C25H23FN4O2. The number of hydrogen-bond acceptors (Lipinski definition) is 4. The van der Waals surface area contributed by atoms with Crippen LogP contribution in [0.25, 0.3) is 10.9 Å².